The summed E-state index contributed by atoms with van der Waals surface area (Å²) in [5.41, 5.74) is 2.27. The number of anilines is 1. The van der Waals surface area contributed by atoms with Gasteiger partial charge in [-0.05, 0) is 47.1 Å². The van der Waals surface area contributed by atoms with E-state index in [0.717, 1.165) is 28.2 Å². The summed E-state index contributed by atoms with van der Waals surface area (Å²) in [7, 11) is 0. The summed E-state index contributed by atoms with van der Waals surface area (Å²) in [5, 5.41) is 3.67. The lowest BCUT2D eigenvalue weighted by Crippen LogP contribution is -2.40. The summed E-state index contributed by atoms with van der Waals surface area (Å²) in [6.45, 7) is 11.2. The maximum atomic E-state index is 3.67. The van der Waals surface area contributed by atoms with Gasteiger partial charge in [0.15, 0.2) is 0 Å². The summed E-state index contributed by atoms with van der Waals surface area (Å²) in [6, 6.07) is 10.6. The molecule has 20 heavy (non-hydrogen) atoms. The third-order valence-corrected chi connectivity index (χ3v) is 9.37. The molecule has 0 heterocycles. The molecule has 6 atom stereocenters. The molecule has 0 aromatic heterocycles. The lowest BCUT2D eigenvalue weighted by molar-refractivity contribution is 0.123. The van der Waals surface area contributed by atoms with Crippen molar-refractivity contribution in [1.82, 2.24) is 0 Å². The molecule has 6 unspecified atom stereocenters. The van der Waals surface area contributed by atoms with E-state index in [9.17, 15) is 0 Å². The van der Waals surface area contributed by atoms with E-state index < -0.39 is 0 Å². The van der Waals surface area contributed by atoms with Crippen molar-refractivity contribution in [3.05, 3.63) is 30.3 Å². The SMILES string of the molecule is CC1C(I)C2(C)CC(CNc3ccccc3)C1(C)C2C. The molecule has 0 amide bonds. The number of rotatable bonds is 3. The number of para-hydroxylation sites is 1. The molecule has 110 valence electrons. The Morgan fingerprint density at radius 1 is 1.20 bits per heavy atom. The van der Waals surface area contributed by atoms with E-state index in [1.165, 1.54) is 12.1 Å². The average molecular weight is 383 g/mol. The van der Waals surface area contributed by atoms with Crippen molar-refractivity contribution in [1.29, 1.82) is 0 Å². The van der Waals surface area contributed by atoms with Gasteiger partial charge in [-0.3, -0.25) is 0 Å². The lowest BCUT2D eigenvalue weighted by Gasteiger charge is -2.41. The van der Waals surface area contributed by atoms with Crippen LogP contribution in [-0.2, 0) is 0 Å². The largest absolute Gasteiger partial charge is 0.385 e. The highest BCUT2D eigenvalue weighted by Gasteiger charge is 2.67. The van der Waals surface area contributed by atoms with Gasteiger partial charge < -0.3 is 5.32 Å². The van der Waals surface area contributed by atoms with Gasteiger partial charge in [0.05, 0.1) is 0 Å². The van der Waals surface area contributed by atoms with Crippen molar-refractivity contribution in [2.45, 2.75) is 38.0 Å². The molecule has 2 aliphatic carbocycles. The van der Waals surface area contributed by atoms with Gasteiger partial charge in [-0.2, -0.15) is 0 Å². The minimum Gasteiger partial charge on any atom is -0.385 e. The zero-order chi connectivity index (χ0) is 14.5. The fourth-order valence-electron chi connectivity index (χ4n) is 5.08. The molecule has 2 saturated carbocycles. The van der Waals surface area contributed by atoms with E-state index in [0.29, 0.717) is 10.8 Å². The van der Waals surface area contributed by atoms with Crippen LogP contribution in [0.4, 0.5) is 5.69 Å². The van der Waals surface area contributed by atoms with E-state index in [2.05, 4.69) is 85.9 Å². The summed E-state index contributed by atoms with van der Waals surface area (Å²) in [6.07, 6.45) is 1.38. The van der Waals surface area contributed by atoms with E-state index in [1.807, 2.05) is 0 Å². The van der Waals surface area contributed by atoms with Crippen LogP contribution >= 0.6 is 22.6 Å². The third kappa shape index (κ3) is 1.86. The number of fused-ring (bicyclic) bond motifs is 2. The maximum absolute atomic E-state index is 3.67. The first kappa shape index (κ1) is 14.7. The Labute approximate surface area is 137 Å². The smallest absolute Gasteiger partial charge is 0.0340 e. The molecule has 1 N–H and O–H groups in total. The molecular weight excluding hydrogens is 357 g/mol. The molecule has 0 radical (unpaired) electrons. The van der Waals surface area contributed by atoms with Crippen molar-refractivity contribution in [3.8, 4) is 0 Å². The van der Waals surface area contributed by atoms with Gasteiger partial charge in [0.25, 0.3) is 0 Å². The van der Waals surface area contributed by atoms with Crippen LogP contribution in [0, 0.1) is 28.6 Å². The highest BCUT2D eigenvalue weighted by Crippen LogP contribution is 2.71. The fraction of sp³-hybridized carbons (Fsp3) is 0.667. The normalized spacial score (nSPS) is 46.6. The highest BCUT2D eigenvalue weighted by atomic mass is 127. The van der Waals surface area contributed by atoms with Crippen LogP contribution in [0.5, 0.6) is 0 Å². The van der Waals surface area contributed by atoms with Gasteiger partial charge in [0.1, 0.15) is 0 Å². The van der Waals surface area contributed by atoms with Crippen LogP contribution in [0.3, 0.4) is 0 Å². The highest BCUT2D eigenvalue weighted by molar-refractivity contribution is 14.1. The van der Waals surface area contributed by atoms with Crippen molar-refractivity contribution in [2.75, 3.05) is 11.9 Å². The Morgan fingerprint density at radius 2 is 1.85 bits per heavy atom. The van der Waals surface area contributed by atoms with E-state index in [4.69, 9.17) is 0 Å². The Bertz CT molecular complexity index is 487. The second kappa shape index (κ2) is 4.89. The lowest BCUT2D eigenvalue weighted by atomic mass is 9.67. The van der Waals surface area contributed by atoms with Gasteiger partial charge in [0, 0.05) is 16.2 Å². The van der Waals surface area contributed by atoms with Crippen LogP contribution in [0.2, 0.25) is 0 Å². The van der Waals surface area contributed by atoms with Gasteiger partial charge in [0.2, 0.25) is 0 Å². The second-order valence-corrected chi connectivity index (χ2v) is 8.77. The summed E-state index contributed by atoms with van der Waals surface area (Å²) in [4.78, 5) is 0. The standard InChI is InChI=1S/C18H26IN/c1-12-16(19)17(3)10-14(18(12,4)13(17)2)11-20-15-8-6-5-7-9-15/h5-9,12-14,16,20H,10-11H2,1-4H3. The van der Waals surface area contributed by atoms with Crippen molar-refractivity contribution >= 4 is 28.3 Å². The summed E-state index contributed by atoms with van der Waals surface area (Å²) in [5.74, 6) is 2.44. The van der Waals surface area contributed by atoms with E-state index >= 15 is 0 Å². The Hall–Kier alpha value is -0.250. The predicted octanol–water partition coefficient (Wildman–Crippen LogP) is 5.22. The summed E-state index contributed by atoms with van der Waals surface area (Å²) < 4.78 is 0.827. The number of benzene rings is 1. The molecule has 2 bridgehead atoms. The molecule has 2 aliphatic rings. The van der Waals surface area contributed by atoms with Crippen LogP contribution < -0.4 is 5.32 Å². The number of hydrogen-bond donors (Lipinski definition) is 1. The molecule has 1 nitrogen and oxygen atoms in total. The number of halogens is 1. The van der Waals surface area contributed by atoms with Gasteiger partial charge >= 0.3 is 0 Å². The molecule has 0 aliphatic heterocycles. The first-order valence-electron chi connectivity index (χ1n) is 7.83. The quantitative estimate of drug-likeness (QED) is 0.557. The van der Waals surface area contributed by atoms with Crippen LogP contribution in [0.1, 0.15) is 34.1 Å². The molecular formula is C18H26IN. The molecule has 0 saturated heterocycles. The minimum absolute atomic E-state index is 0.488. The molecule has 1 aromatic rings. The molecule has 0 spiro atoms. The average Bonchev–Trinajstić information content (AvgIpc) is 2.73. The second-order valence-electron chi connectivity index (χ2n) is 7.43. The number of alkyl halides is 1. The van der Waals surface area contributed by atoms with Crippen molar-refractivity contribution in [3.63, 3.8) is 0 Å². The molecule has 1 aromatic carbocycles. The predicted molar refractivity (Wildman–Crippen MR) is 95.4 cm³/mol. The van der Waals surface area contributed by atoms with Gasteiger partial charge in [-0.25, -0.2) is 0 Å². The molecule has 2 heteroatoms. The first-order chi connectivity index (χ1) is 9.40. The third-order valence-electron chi connectivity index (χ3n) is 6.86. The van der Waals surface area contributed by atoms with Gasteiger partial charge in [-0.1, -0.05) is 68.5 Å². The zero-order valence-electron chi connectivity index (χ0n) is 13.0. The molecule has 2 fully saturated rings. The molecule has 3 rings (SSSR count). The fourth-order valence-corrected chi connectivity index (χ4v) is 6.65. The van der Waals surface area contributed by atoms with E-state index in [-0.39, 0.29) is 0 Å². The maximum Gasteiger partial charge on any atom is 0.0340 e. The summed E-state index contributed by atoms with van der Waals surface area (Å²) >= 11 is 2.72. The van der Waals surface area contributed by atoms with Gasteiger partial charge in [-0.15, -0.1) is 0 Å². The minimum atomic E-state index is 0.488. The Morgan fingerprint density at radius 3 is 2.40 bits per heavy atom. The van der Waals surface area contributed by atoms with Crippen LogP contribution in [0.25, 0.3) is 0 Å². The monoisotopic (exact) mass is 383 g/mol. The van der Waals surface area contributed by atoms with Crippen molar-refractivity contribution in [2.24, 2.45) is 28.6 Å². The van der Waals surface area contributed by atoms with Crippen LogP contribution in [-0.4, -0.2) is 10.5 Å². The number of hydrogen-bond acceptors (Lipinski definition) is 1. The van der Waals surface area contributed by atoms with Crippen LogP contribution in [0.15, 0.2) is 30.3 Å². The van der Waals surface area contributed by atoms with Crippen molar-refractivity contribution < 1.29 is 0 Å². The first-order valence-corrected chi connectivity index (χ1v) is 9.08. The Kier molecular flexibility index (Phi) is 3.59. The van der Waals surface area contributed by atoms with E-state index in [1.54, 1.807) is 0 Å². The Balaban J connectivity index is 1.77. The topological polar surface area (TPSA) is 12.0 Å². The zero-order valence-corrected chi connectivity index (χ0v) is 15.1. The number of nitrogens with one attached hydrogen (secondary N) is 1.